The van der Waals surface area contributed by atoms with E-state index >= 15 is 0 Å². The summed E-state index contributed by atoms with van der Waals surface area (Å²) in [5.41, 5.74) is 2.54. The molecule has 2 aromatic heterocycles. The Balaban J connectivity index is 1.65. The van der Waals surface area contributed by atoms with Crippen molar-refractivity contribution >= 4 is 5.91 Å². The lowest BCUT2D eigenvalue weighted by Gasteiger charge is -2.24. The average molecular weight is 296 g/mol. The number of aryl methyl sites for hydroxylation is 2. The average Bonchev–Trinajstić information content (AvgIpc) is 3.02. The van der Waals surface area contributed by atoms with E-state index in [4.69, 9.17) is 0 Å². The molecule has 1 aliphatic rings. The number of carbonyl (C=O) groups excluding carboxylic acids is 1. The fraction of sp³-hybridized carbons (Fsp3) is 0.412. The molecule has 3 rings (SSSR count). The van der Waals surface area contributed by atoms with Gasteiger partial charge in [-0.15, -0.1) is 0 Å². The molecule has 1 amide bonds. The minimum Gasteiger partial charge on any atom is -0.334 e. The molecule has 0 spiro atoms. The predicted molar refractivity (Wildman–Crippen MR) is 83.4 cm³/mol. The van der Waals surface area contributed by atoms with Gasteiger partial charge in [-0.25, -0.2) is 4.98 Å². The van der Waals surface area contributed by atoms with Crippen molar-refractivity contribution in [1.29, 1.82) is 0 Å². The van der Waals surface area contributed by atoms with Crippen LogP contribution in [0.2, 0.25) is 0 Å². The van der Waals surface area contributed by atoms with Crippen molar-refractivity contribution in [2.75, 3.05) is 6.54 Å². The molecule has 1 saturated heterocycles. The number of hydrogen-bond acceptors (Lipinski definition) is 4. The van der Waals surface area contributed by atoms with Crippen LogP contribution in [-0.4, -0.2) is 38.3 Å². The lowest BCUT2D eigenvalue weighted by molar-refractivity contribution is 0.0724. The van der Waals surface area contributed by atoms with Crippen LogP contribution in [0.25, 0.3) is 0 Å². The van der Waals surface area contributed by atoms with Crippen LogP contribution in [0.4, 0.5) is 0 Å². The molecule has 114 valence electrons. The van der Waals surface area contributed by atoms with E-state index in [1.807, 2.05) is 36.4 Å². The minimum atomic E-state index is 0.00438. The first-order chi connectivity index (χ1) is 10.7. The SMILES string of the molecule is Cc1cnc(C(=O)N2CCCC2CCc2ccncc2)cn1. The lowest BCUT2D eigenvalue weighted by Crippen LogP contribution is -2.36. The third-order valence-electron chi connectivity index (χ3n) is 4.15. The summed E-state index contributed by atoms with van der Waals surface area (Å²) in [5, 5.41) is 0. The van der Waals surface area contributed by atoms with Crippen molar-refractivity contribution < 1.29 is 4.79 Å². The van der Waals surface area contributed by atoms with Crippen LogP contribution in [0.15, 0.2) is 36.9 Å². The van der Waals surface area contributed by atoms with Gasteiger partial charge in [-0.1, -0.05) is 0 Å². The highest BCUT2D eigenvalue weighted by atomic mass is 16.2. The summed E-state index contributed by atoms with van der Waals surface area (Å²) in [6.45, 7) is 2.68. The second-order valence-corrected chi connectivity index (χ2v) is 5.73. The molecule has 22 heavy (non-hydrogen) atoms. The van der Waals surface area contributed by atoms with Gasteiger partial charge in [0.05, 0.1) is 11.9 Å². The summed E-state index contributed by atoms with van der Waals surface area (Å²) in [7, 11) is 0. The molecule has 5 nitrogen and oxygen atoms in total. The van der Waals surface area contributed by atoms with Gasteiger partial charge in [0.25, 0.3) is 5.91 Å². The normalized spacial score (nSPS) is 17.7. The molecule has 1 fully saturated rings. The lowest BCUT2D eigenvalue weighted by atomic mass is 10.0. The van der Waals surface area contributed by atoms with Gasteiger partial charge < -0.3 is 4.90 Å². The summed E-state index contributed by atoms with van der Waals surface area (Å²) in [4.78, 5) is 27.0. The fourth-order valence-corrected chi connectivity index (χ4v) is 2.94. The van der Waals surface area contributed by atoms with E-state index in [1.165, 1.54) is 5.56 Å². The highest BCUT2D eigenvalue weighted by Gasteiger charge is 2.29. The molecule has 0 aromatic carbocycles. The molecule has 0 saturated carbocycles. The zero-order chi connectivity index (χ0) is 15.4. The molecule has 1 aliphatic heterocycles. The Kier molecular flexibility index (Phi) is 4.42. The van der Waals surface area contributed by atoms with Gasteiger partial charge in [0.1, 0.15) is 5.69 Å². The Morgan fingerprint density at radius 2 is 2.09 bits per heavy atom. The van der Waals surface area contributed by atoms with Crippen LogP contribution >= 0.6 is 0 Å². The van der Waals surface area contributed by atoms with Crippen molar-refractivity contribution in [3.05, 3.63) is 53.9 Å². The Hall–Kier alpha value is -2.30. The van der Waals surface area contributed by atoms with E-state index in [0.717, 1.165) is 37.9 Å². The molecule has 5 heteroatoms. The molecule has 2 aromatic rings. The molecule has 1 atom stereocenters. The first kappa shape index (κ1) is 14.6. The Morgan fingerprint density at radius 1 is 1.27 bits per heavy atom. The fourth-order valence-electron chi connectivity index (χ4n) is 2.94. The summed E-state index contributed by atoms with van der Waals surface area (Å²) < 4.78 is 0. The monoisotopic (exact) mass is 296 g/mol. The molecule has 0 bridgehead atoms. The maximum atomic E-state index is 12.6. The van der Waals surface area contributed by atoms with E-state index in [2.05, 4.69) is 15.0 Å². The van der Waals surface area contributed by atoms with Gasteiger partial charge in [-0.05, 0) is 50.3 Å². The van der Waals surface area contributed by atoms with Gasteiger partial charge >= 0.3 is 0 Å². The highest BCUT2D eigenvalue weighted by molar-refractivity contribution is 5.92. The number of pyridine rings is 1. The largest absolute Gasteiger partial charge is 0.334 e. The number of hydrogen-bond donors (Lipinski definition) is 0. The van der Waals surface area contributed by atoms with Crippen molar-refractivity contribution in [2.45, 2.75) is 38.6 Å². The van der Waals surface area contributed by atoms with Crippen LogP contribution in [-0.2, 0) is 6.42 Å². The molecule has 0 aliphatic carbocycles. The molecule has 0 radical (unpaired) electrons. The van der Waals surface area contributed by atoms with Crippen LogP contribution in [0.5, 0.6) is 0 Å². The zero-order valence-corrected chi connectivity index (χ0v) is 12.8. The third kappa shape index (κ3) is 3.30. The Bertz CT molecular complexity index is 627. The maximum Gasteiger partial charge on any atom is 0.274 e. The third-order valence-corrected chi connectivity index (χ3v) is 4.15. The quantitative estimate of drug-likeness (QED) is 0.869. The number of aromatic nitrogens is 3. The number of amides is 1. The van der Waals surface area contributed by atoms with Crippen LogP contribution in [0.3, 0.4) is 0 Å². The second kappa shape index (κ2) is 6.64. The van der Waals surface area contributed by atoms with Gasteiger partial charge in [0, 0.05) is 31.2 Å². The minimum absolute atomic E-state index is 0.00438. The zero-order valence-electron chi connectivity index (χ0n) is 12.8. The summed E-state index contributed by atoms with van der Waals surface area (Å²) in [5.74, 6) is 0.00438. The second-order valence-electron chi connectivity index (χ2n) is 5.73. The van der Waals surface area contributed by atoms with Gasteiger partial charge in [-0.2, -0.15) is 0 Å². The van der Waals surface area contributed by atoms with Gasteiger partial charge in [-0.3, -0.25) is 14.8 Å². The van der Waals surface area contributed by atoms with E-state index in [1.54, 1.807) is 12.4 Å². The van der Waals surface area contributed by atoms with E-state index in [9.17, 15) is 4.79 Å². The van der Waals surface area contributed by atoms with Crippen molar-refractivity contribution in [3.8, 4) is 0 Å². The first-order valence-electron chi connectivity index (χ1n) is 7.72. The van der Waals surface area contributed by atoms with Crippen LogP contribution < -0.4 is 0 Å². The molecule has 0 N–H and O–H groups in total. The molecular weight excluding hydrogens is 276 g/mol. The Labute approximate surface area is 130 Å². The van der Waals surface area contributed by atoms with Crippen molar-refractivity contribution in [2.24, 2.45) is 0 Å². The van der Waals surface area contributed by atoms with E-state index in [0.29, 0.717) is 11.7 Å². The summed E-state index contributed by atoms with van der Waals surface area (Å²) >= 11 is 0. The highest BCUT2D eigenvalue weighted by Crippen LogP contribution is 2.23. The van der Waals surface area contributed by atoms with Crippen LogP contribution in [0, 0.1) is 6.92 Å². The molecular formula is C17H20N4O. The van der Waals surface area contributed by atoms with Gasteiger partial charge in [0.2, 0.25) is 0 Å². The first-order valence-corrected chi connectivity index (χ1v) is 7.72. The van der Waals surface area contributed by atoms with Gasteiger partial charge in [0.15, 0.2) is 0 Å². The molecule has 1 unspecified atom stereocenters. The Morgan fingerprint density at radius 3 is 2.82 bits per heavy atom. The van der Waals surface area contributed by atoms with Crippen molar-refractivity contribution in [1.82, 2.24) is 19.9 Å². The van der Waals surface area contributed by atoms with E-state index in [-0.39, 0.29) is 5.91 Å². The number of likely N-dealkylation sites (tertiary alicyclic amines) is 1. The smallest absolute Gasteiger partial charge is 0.274 e. The molecule has 3 heterocycles. The summed E-state index contributed by atoms with van der Waals surface area (Å²) in [6, 6.07) is 4.36. The number of nitrogens with zero attached hydrogens (tertiary/aromatic N) is 4. The van der Waals surface area contributed by atoms with Crippen molar-refractivity contribution in [3.63, 3.8) is 0 Å². The predicted octanol–water partition coefficient (Wildman–Crippen LogP) is 2.42. The maximum absolute atomic E-state index is 12.6. The number of rotatable bonds is 4. The topological polar surface area (TPSA) is 59.0 Å². The number of carbonyl (C=O) groups is 1. The standard InChI is InChI=1S/C17H20N4O/c1-13-11-20-16(12-19-13)17(22)21-10-2-3-15(21)5-4-14-6-8-18-9-7-14/h6-9,11-12,15H,2-5,10H2,1H3. The summed E-state index contributed by atoms with van der Waals surface area (Å²) in [6.07, 6.45) is 10.9. The van der Waals surface area contributed by atoms with Crippen LogP contribution in [0.1, 0.15) is 41.0 Å². The van der Waals surface area contributed by atoms with E-state index < -0.39 is 0 Å².